The summed E-state index contributed by atoms with van der Waals surface area (Å²) in [5, 5.41) is 3.00. The molecule has 1 aromatic rings. The largest absolute Gasteiger partial charge is 0.351 e. The molecule has 3 heteroatoms. The first-order valence-electron chi connectivity index (χ1n) is 6.58. The maximum absolute atomic E-state index is 12.0. The number of benzene rings is 1. The van der Waals surface area contributed by atoms with Crippen molar-refractivity contribution in [3.05, 3.63) is 35.4 Å². The summed E-state index contributed by atoms with van der Waals surface area (Å²) in [7, 11) is 1.99. The first kappa shape index (κ1) is 14.7. The van der Waals surface area contributed by atoms with E-state index in [1.54, 1.807) is 0 Å². The predicted octanol–water partition coefficient (Wildman–Crippen LogP) is 2.34. The number of nitrogens with one attached hydrogen (secondary N) is 1. The maximum atomic E-state index is 12.0. The zero-order chi connectivity index (χ0) is 13.5. The number of likely N-dealkylation sites (N-methyl/N-ethyl adjacent to an activating group) is 1. The fraction of sp³-hybridized carbons (Fsp3) is 0.533. The van der Waals surface area contributed by atoms with Gasteiger partial charge in [-0.05, 0) is 45.0 Å². The molecular weight excluding hydrogens is 224 g/mol. The quantitative estimate of drug-likeness (QED) is 0.838. The van der Waals surface area contributed by atoms with E-state index in [0.717, 1.165) is 13.0 Å². The maximum Gasteiger partial charge on any atom is 0.237 e. The Morgan fingerprint density at radius 2 is 2.06 bits per heavy atom. The number of nitrogens with zero attached hydrogens (tertiary/aromatic N) is 1. The molecule has 0 aliphatic rings. The Bertz CT molecular complexity index is 390. The Hall–Kier alpha value is -1.35. The highest BCUT2D eigenvalue weighted by molar-refractivity contribution is 5.81. The van der Waals surface area contributed by atoms with E-state index in [-0.39, 0.29) is 11.9 Å². The van der Waals surface area contributed by atoms with Gasteiger partial charge in [0.05, 0.1) is 6.04 Å². The second-order valence-corrected chi connectivity index (χ2v) is 4.80. The van der Waals surface area contributed by atoms with Crippen LogP contribution >= 0.6 is 0 Å². The normalized spacial score (nSPS) is 12.5. The van der Waals surface area contributed by atoms with E-state index >= 15 is 0 Å². The number of hydrogen-bond donors (Lipinski definition) is 1. The minimum absolute atomic E-state index is 0.0750. The molecule has 0 saturated carbocycles. The van der Waals surface area contributed by atoms with Gasteiger partial charge in [-0.15, -0.1) is 0 Å². The van der Waals surface area contributed by atoms with Crippen molar-refractivity contribution in [1.82, 2.24) is 10.2 Å². The van der Waals surface area contributed by atoms with Crippen LogP contribution in [0.1, 0.15) is 31.4 Å². The first-order valence-corrected chi connectivity index (χ1v) is 6.58. The van der Waals surface area contributed by atoms with E-state index < -0.39 is 0 Å². The van der Waals surface area contributed by atoms with Gasteiger partial charge in [-0.1, -0.05) is 31.2 Å². The molecule has 0 aliphatic carbocycles. The van der Waals surface area contributed by atoms with Crippen molar-refractivity contribution in [2.75, 3.05) is 13.6 Å². The zero-order valence-corrected chi connectivity index (χ0v) is 11.9. The van der Waals surface area contributed by atoms with Crippen LogP contribution < -0.4 is 5.32 Å². The average molecular weight is 248 g/mol. The van der Waals surface area contributed by atoms with Gasteiger partial charge in [-0.2, -0.15) is 0 Å². The second-order valence-electron chi connectivity index (χ2n) is 4.80. The van der Waals surface area contributed by atoms with Crippen molar-refractivity contribution in [3.8, 4) is 0 Å². The lowest BCUT2D eigenvalue weighted by Gasteiger charge is -2.23. The average Bonchev–Trinajstić information content (AvgIpc) is 2.36. The SMILES string of the molecule is CCCN(C)C(C)C(=O)NCc1ccccc1C. The molecule has 0 bridgehead atoms. The number of hydrogen-bond acceptors (Lipinski definition) is 2. The number of carbonyl (C=O) groups is 1. The van der Waals surface area contributed by atoms with Crippen LogP contribution in [0.5, 0.6) is 0 Å². The van der Waals surface area contributed by atoms with Crippen LogP contribution in [0.15, 0.2) is 24.3 Å². The monoisotopic (exact) mass is 248 g/mol. The van der Waals surface area contributed by atoms with Crippen LogP contribution in [0.25, 0.3) is 0 Å². The molecule has 0 aliphatic heterocycles. The van der Waals surface area contributed by atoms with Crippen LogP contribution in [0.4, 0.5) is 0 Å². The number of rotatable bonds is 6. The number of aryl methyl sites for hydroxylation is 1. The minimum Gasteiger partial charge on any atom is -0.351 e. The second kappa shape index (κ2) is 7.17. The highest BCUT2D eigenvalue weighted by Crippen LogP contribution is 2.06. The standard InChI is InChI=1S/C15H24N2O/c1-5-10-17(4)13(3)15(18)16-11-14-9-7-6-8-12(14)2/h6-9,13H,5,10-11H2,1-4H3,(H,16,18). The van der Waals surface area contributed by atoms with E-state index in [0.29, 0.717) is 6.54 Å². The summed E-state index contributed by atoms with van der Waals surface area (Å²) in [5.41, 5.74) is 2.39. The molecule has 1 unspecified atom stereocenters. The van der Waals surface area contributed by atoms with Crippen LogP contribution in [0.3, 0.4) is 0 Å². The third-order valence-electron chi connectivity index (χ3n) is 3.33. The van der Waals surface area contributed by atoms with Gasteiger partial charge < -0.3 is 5.32 Å². The molecule has 1 N–H and O–H groups in total. The van der Waals surface area contributed by atoms with Gasteiger partial charge in [0.25, 0.3) is 0 Å². The molecule has 0 heterocycles. The Morgan fingerprint density at radius 3 is 2.67 bits per heavy atom. The number of amides is 1. The molecule has 3 nitrogen and oxygen atoms in total. The van der Waals surface area contributed by atoms with Crippen LogP contribution in [0, 0.1) is 6.92 Å². The Balaban J connectivity index is 2.48. The molecule has 0 radical (unpaired) electrons. The minimum atomic E-state index is -0.0750. The van der Waals surface area contributed by atoms with Crippen molar-refractivity contribution in [2.24, 2.45) is 0 Å². The van der Waals surface area contributed by atoms with Crippen LogP contribution in [0.2, 0.25) is 0 Å². The third kappa shape index (κ3) is 4.15. The lowest BCUT2D eigenvalue weighted by Crippen LogP contribution is -2.43. The highest BCUT2D eigenvalue weighted by atomic mass is 16.2. The molecule has 100 valence electrons. The fourth-order valence-electron chi connectivity index (χ4n) is 1.88. The van der Waals surface area contributed by atoms with Crippen molar-refractivity contribution in [3.63, 3.8) is 0 Å². The summed E-state index contributed by atoms with van der Waals surface area (Å²) >= 11 is 0. The lowest BCUT2D eigenvalue weighted by atomic mass is 10.1. The molecule has 0 fully saturated rings. The lowest BCUT2D eigenvalue weighted by molar-refractivity contribution is -0.125. The summed E-state index contributed by atoms with van der Waals surface area (Å²) in [6, 6.07) is 8.05. The van der Waals surface area contributed by atoms with Gasteiger partial charge in [0.15, 0.2) is 0 Å². The Labute approximate surface area is 110 Å². The predicted molar refractivity (Wildman–Crippen MR) is 75.4 cm³/mol. The van der Waals surface area contributed by atoms with Crippen molar-refractivity contribution < 1.29 is 4.79 Å². The van der Waals surface area contributed by atoms with E-state index in [1.165, 1.54) is 11.1 Å². The Morgan fingerprint density at radius 1 is 1.39 bits per heavy atom. The van der Waals surface area contributed by atoms with Crippen molar-refractivity contribution >= 4 is 5.91 Å². The summed E-state index contributed by atoms with van der Waals surface area (Å²) in [6.45, 7) is 7.68. The van der Waals surface area contributed by atoms with E-state index in [4.69, 9.17) is 0 Å². The van der Waals surface area contributed by atoms with E-state index in [2.05, 4.69) is 36.2 Å². The molecule has 0 saturated heterocycles. The van der Waals surface area contributed by atoms with Gasteiger partial charge in [-0.25, -0.2) is 0 Å². The van der Waals surface area contributed by atoms with Gasteiger partial charge in [0, 0.05) is 6.54 Å². The zero-order valence-electron chi connectivity index (χ0n) is 11.9. The van der Waals surface area contributed by atoms with Crippen molar-refractivity contribution in [1.29, 1.82) is 0 Å². The van der Waals surface area contributed by atoms with Gasteiger partial charge in [0.2, 0.25) is 5.91 Å². The molecule has 1 amide bonds. The molecule has 0 aromatic heterocycles. The fourth-order valence-corrected chi connectivity index (χ4v) is 1.88. The third-order valence-corrected chi connectivity index (χ3v) is 3.33. The Kier molecular flexibility index (Phi) is 5.86. The summed E-state index contributed by atoms with van der Waals surface area (Å²) < 4.78 is 0. The molecule has 1 atom stereocenters. The van der Waals surface area contributed by atoms with Gasteiger partial charge in [0.1, 0.15) is 0 Å². The van der Waals surface area contributed by atoms with E-state index in [9.17, 15) is 4.79 Å². The van der Waals surface area contributed by atoms with Crippen molar-refractivity contribution in [2.45, 2.75) is 39.8 Å². The summed E-state index contributed by atoms with van der Waals surface area (Å²) in [4.78, 5) is 14.1. The number of carbonyl (C=O) groups excluding carboxylic acids is 1. The smallest absolute Gasteiger partial charge is 0.237 e. The summed E-state index contributed by atoms with van der Waals surface area (Å²) in [5.74, 6) is 0.0919. The molecule has 18 heavy (non-hydrogen) atoms. The molecular formula is C15H24N2O. The first-order chi connectivity index (χ1) is 8.56. The van der Waals surface area contributed by atoms with Gasteiger partial charge >= 0.3 is 0 Å². The van der Waals surface area contributed by atoms with Crippen LogP contribution in [-0.4, -0.2) is 30.4 Å². The topological polar surface area (TPSA) is 32.3 Å². The molecule has 1 aromatic carbocycles. The summed E-state index contributed by atoms with van der Waals surface area (Å²) in [6.07, 6.45) is 1.06. The van der Waals surface area contributed by atoms with Gasteiger partial charge in [-0.3, -0.25) is 9.69 Å². The molecule has 0 spiro atoms. The van der Waals surface area contributed by atoms with E-state index in [1.807, 2.05) is 26.1 Å². The molecule has 1 rings (SSSR count). The van der Waals surface area contributed by atoms with Crippen LogP contribution in [-0.2, 0) is 11.3 Å². The highest BCUT2D eigenvalue weighted by Gasteiger charge is 2.16.